The number of hydrogen-bond donors (Lipinski definition) is 2. The summed E-state index contributed by atoms with van der Waals surface area (Å²) < 4.78 is 0. The standard InChI is InChI=1S/C10H17NO2/c1-4-5-9(13)11-7-6-8(12)10(7,2)3/h4,7-8,12H,1,5-6H2,2-3H3,(H,11,13). The minimum Gasteiger partial charge on any atom is -0.392 e. The molecular formula is C10H17NO2. The van der Waals surface area contributed by atoms with E-state index in [-0.39, 0.29) is 23.5 Å². The SMILES string of the molecule is C=CCC(=O)NC1CC(O)C1(C)C. The zero-order valence-electron chi connectivity index (χ0n) is 8.21. The maximum atomic E-state index is 11.2. The number of carbonyl (C=O) groups is 1. The van der Waals surface area contributed by atoms with Crippen molar-refractivity contribution in [3.8, 4) is 0 Å². The van der Waals surface area contributed by atoms with E-state index in [1.807, 2.05) is 13.8 Å². The van der Waals surface area contributed by atoms with Crippen LogP contribution in [0.15, 0.2) is 12.7 Å². The molecule has 1 saturated carbocycles. The Kier molecular flexibility index (Phi) is 2.76. The van der Waals surface area contributed by atoms with Crippen LogP contribution in [0.25, 0.3) is 0 Å². The summed E-state index contributed by atoms with van der Waals surface area (Å²) in [5.74, 6) is -0.0139. The van der Waals surface area contributed by atoms with Gasteiger partial charge in [0.25, 0.3) is 0 Å². The van der Waals surface area contributed by atoms with E-state index in [9.17, 15) is 9.90 Å². The highest BCUT2D eigenvalue weighted by atomic mass is 16.3. The molecule has 1 aliphatic carbocycles. The molecule has 0 aromatic carbocycles. The molecule has 3 heteroatoms. The molecule has 13 heavy (non-hydrogen) atoms. The Morgan fingerprint density at radius 1 is 1.77 bits per heavy atom. The summed E-state index contributed by atoms with van der Waals surface area (Å²) in [4.78, 5) is 11.2. The lowest BCUT2D eigenvalue weighted by Crippen LogP contribution is -2.61. The van der Waals surface area contributed by atoms with Crippen LogP contribution in [-0.2, 0) is 4.79 Å². The first-order chi connectivity index (χ1) is 5.98. The predicted molar refractivity (Wildman–Crippen MR) is 51.1 cm³/mol. The van der Waals surface area contributed by atoms with E-state index in [4.69, 9.17) is 0 Å². The molecule has 1 fully saturated rings. The van der Waals surface area contributed by atoms with Crippen molar-refractivity contribution in [1.82, 2.24) is 5.32 Å². The van der Waals surface area contributed by atoms with Gasteiger partial charge in [-0.2, -0.15) is 0 Å². The highest BCUT2D eigenvalue weighted by molar-refractivity contribution is 5.77. The van der Waals surface area contributed by atoms with Crippen molar-refractivity contribution in [2.45, 2.75) is 38.8 Å². The number of carbonyl (C=O) groups excluding carboxylic acids is 1. The molecule has 2 unspecified atom stereocenters. The molecule has 74 valence electrons. The second kappa shape index (κ2) is 3.50. The van der Waals surface area contributed by atoms with Crippen LogP contribution >= 0.6 is 0 Å². The first-order valence-electron chi connectivity index (χ1n) is 4.56. The topological polar surface area (TPSA) is 49.3 Å². The molecule has 2 N–H and O–H groups in total. The lowest BCUT2D eigenvalue weighted by molar-refractivity contribution is -0.128. The Hall–Kier alpha value is -0.830. The third-order valence-electron chi connectivity index (χ3n) is 2.88. The molecule has 0 aromatic rings. The van der Waals surface area contributed by atoms with E-state index < -0.39 is 0 Å². The largest absolute Gasteiger partial charge is 0.392 e. The van der Waals surface area contributed by atoms with Crippen molar-refractivity contribution < 1.29 is 9.90 Å². The molecule has 0 saturated heterocycles. The van der Waals surface area contributed by atoms with Gasteiger partial charge in [-0.1, -0.05) is 19.9 Å². The Morgan fingerprint density at radius 3 is 2.77 bits per heavy atom. The maximum Gasteiger partial charge on any atom is 0.224 e. The molecule has 0 aromatic heterocycles. The second-order valence-corrected chi connectivity index (χ2v) is 4.19. The minimum atomic E-state index is -0.290. The van der Waals surface area contributed by atoms with E-state index in [0.717, 1.165) is 0 Å². The van der Waals surface area contributed by atoms with Gasteiger partial charge < -0.3 is 10.4 Å². The van der Waals surface area contributed by atoms with Crippen molar-refractivity contribution in [2.24, 2.45) is 5.41 Å². The second-order valence-electron chi connectivity index (χ2n) is 4.19. The van der Waals surface area contributed by atoms with Gasteiger partial charge >= 0.3 is 0 Å². The molecular weight excluding hydrogens is 166 g/mol. The summed E-state index contributed by atoms with van der Waals surface area (Å²) >= 11 is 0. The van der Waals surface area contributed by atoms with E-state index in [1.54, 1.807) is 6.08 Å². The van der Waals surface area contributed by atoms with Crippen LogP contribution < -0.4 is 5.32 Å². The maximum absolute atomic E-state index is 11.2. The fourth-order valence-corrected chi connectivity index (χ4v) is 1.53. The highest BCUT2D eigenvalue weighted by Gasteiger charge is 2.47. The van der Waals surface area contributed by atoms with Gasteiger partial charge in [-0.3, -0.25) is 4.79 Å². The highest BCUT2D eigenvalue weighted by Crippen LogP contribution is 2.40. The average Bonchev–Trinajstić information content (AvgIpc) is 2.04. The van der Waals surface area contributed by atoms with Gasteiger partial charge in [0, 0.05) is 17.9 Å². The number of aliphatic hydroxyl groups is 1. The summed E-state index contributed by atoms with van der Waals surface area (Å²) in [6.45, 7) is 7.41. The van der Waals surface area contributed by atoms with Gasteiger partial charge in [-0.25, -0.2) is 0 Å². The number of aliphatic hydroxyl groups excluding tert-OH is 1. The molecule has 1 rings (SSSR count). The number of rotatable bonds is 3. The summed E-state index contributed by atoms with van der Waals surface area (Å²) in [5.41, 5.74) is -0.184. The van der Waals surface area contributed by atoms with Crippen LogP contribution in [-0.4, -0.2) is 23.2 Å². The predicted octanol–water partition coefficient (Wildman–Crippen LogP) is 0.838. The lowest BCUT2D eigenvalue weighted by atomic mass is 9.64. The minimum absolute atomic E-state index is 0.0139. The summed E-state index contributed by atoms with van der Waals surface area (Å²) in [7, 11) is 0. The van der Waals surface area contributed by atoms with Crippen LogP contribution in [0.2, 0.25) is 0 Å². The van der Waals surface area contributed by atoms with Crippen LogP contribution in [0.5, 0.6) is 0 Å². The number of amides is 1. The lowest BCUT2D eigenvalue weighted by Gasteiger charge is -2.49. The van der Waals surface area contributed by atoms with Crippen molar-refractivity contribution in [3.05, 3.63) is 12.7 Å². The van der Waals surface area contributed by atoms with Gasteiger partial charge in [0.05, 0.1) is 6.10 Å². The van der Waals surface area contributed by atoms with Crippen LogP contribution in [0.4, 0.5) is 0 Å². The van der Waals surface area contributed by atoms with E-state index >= 15 is 0 Å². The molecule has 0 bridgehead atoms. The Morgan fingerprint density at radius 2 is 2.38 bits per heavy atom. The molecule has 0 heterocycles. The monoisotopic (exact) mass is 183 g/mol. The van der Waals surface area contributed by atoms with Gasteiger partial charge in [0.15, 0.2) is 0 Å². The van der Waals surface area contributed by atoms with Gasteiger partial charge in [-0.05, 0) is 6.42 Å². The van der Waals surface area contributed by atoms with Crippen LogP contribution in [0.3, 0.4) is 0 Å². The third kappa shape index (κ3) is 1.91. The fraction of sp³-hybridized carbons (Fsp3) is 0.700. The molecule has 1 amide bonds. The molecule has 0 radical (unpaired) electrons. The van der Waals surface area contributed by atoms with Crippen molar-refractivity contribution >= 4 is 5.91 Å². The van der Waals surface area contributed by atoms with Gasteiger partial charge in [0.2, 0.25) is 5.91 Å². The van der Waals surface area contributed by atoms with E-state index in [1.165, 1.54) is 0 Å². The molecule has 2 atom stereocenters. The molecule has 0 spiro atoms. The normalized spacial score (nSPS) is 30.4. The summed E-state index contributed by atoms with van der Waals surface area (Å²) in [6.07, 6.45) is 2.30. The van der Waals surface area contributed by atoms with E-state index in [0.29, 0.717) is 12.8 Å². The van der Waals surface area contributed by atoms with Gasteiger partial charge in [-0.15, -0.1) is 6.58 Å². The van der Waals surface area contributed by atoms with E-state index in [2.05, 4.69) is 11.9 Å². The van der Waals surface area contributed by atoms with Crippen molar-refractivity contribution in [1.29, 1.82) is 0 Å². The van der Waals surface area contributed by atoms with Crippen molar-refractivity contribution in [2.75, 3.05) is 0 Å². The Labute approximate surface area is 78.8 Å². The number of nitrogens with one attached hydrogen (secondary N) is 1. The third-order valence-corrected chi connectivity index (χ3v) is 2.88. The fourth-order valence-electron chi connectivity index (χ4n) is 1.53. The van der Waals surface area contributed by atoms with Gasteiger partial charge in [0.1, 0.15) is 0 Å². The zero-order valence-corrected chi connectivity index (χ0v) is 8.21. The summed E-state index contributed by atoms with van der Waals surface area (Å²) in [6, 6.07) is 0.106. The smallest absolute Gasteiger partial charge is 0.224 e. The first-order valence-corrected chi connectivity index (χ1v) is 4.56. The summed E-state index contributed by atoms with van der Waals surface area (Å²) in [5, 5.41) is 12.3. The number of hydrogen-bond acceptors (Lipinski definition) is 2. The van der Waals surface area contributed by atoms with Crippen molar-refractivity contribution in [3.63, 3.8) is 0 Å². The van der Waals surface area contributed by atoms with Crippen LogP contribution in [0, 0.1) is 5.41 Å². The Balaban J connectivity index is 2.40. The van der Waals surface area contributed by atoms with Crippen LogP contribution in [0.1, 0.15) is 26.7 Å². The first kappa shape index (κ1) is 10.3. The quantitative estimate of drug-likeness (QED) is 0.637. The molecule has 0 aliphatic heterocycles. The Bertz CT molecular complexity index is 223. The average molecular weight is 183 g/mol. The molecule has 1 aliphatic rings. The molecule has 3 nitrogen and oxygen atoms in total. The zero-order chi connectivity index (χ0) is 10.1.